The highest BCUT2D eigenvalue weighted by Crippen LogP contribution is 2.20. The highest BCUT2D eigenvalue weighted by Gasteiger charge is 2.05. The molecule has 116 valence electrons. The normalized spacial score (nSPS) is 10.1. The van der Waals surface area contributed by atoms with E-state index in [1.165, 1.54) is 0 Å². The molecule has 7 heteroatoms. The summed E-state index contributed by atoms with van der Waals surface area (Å²) >= 11 is 5.44. The highest BCUT2D eigenvalue weighted by atomic mass is 35.5. The molecule has 0 unspecified atom stereocenters. The summed E-state index contributed by atoms with van der Waals surface area (Å²) in [6, 6.07) is 8.96. The lowest BCUT2D eigenvalue weighted by Gasteiger charge is -2.08. The number of aromatic nitrogens is 2. The summed E-state index contributed by atoms with van der Waals surface area (Å²) in [5.74, 6) is 0.834. The van der Waals surface area contributed by atoms with Gasteiger partial charge in [0.2, 0.25) is 0 Å². The van der Waals surface area contributed by atoms with Gasteiger partial charge in [0.15, 0.2) is 0 Å². The Hall–Kier alpha value is -2.34. The van der Waals surface area contributed by atoms with Crippen LogP contribution in [0.15, 0.2) is 30.3 Å². The van der Waals surface area contributed by atoms with Gasteiger partial charge in [0.25, 0.3) is 0 Å². The second-order valence-electron chi connectivity index (χ2n) is 4.51. The third-order valence-electron chi connectivity index (χ3n) is 2.58. The average molecular weight is 322 g/mol. The molecule has 1 amide bonds. The molecule has 6 nitrogen and oxygen atoms in total. The average Bonchev–Trinajstić information content (AvgIpc) is 2.46. The molecule has 0 atom stereocenters. The van der Waals surface area contributed by atoms with Crippen molar-refractivity contribution in [1.29, 1.82) is 0 Å². The maximum Gasteiger partial charge on any atom is 0.411 e. The lowest BCUT2D eigenvalue weighted by atomic mass is 10.3. The summed E-state index contributed by atoms with van der Waals surface area (Å²) < 4.78 is 10.4. The predicted molar refractivity (Wildman–Crippen MR) is 83.7 cm³/mol. The molecule has 22 heavy (non-hydrogen) atoms. The van der Waals surface area contributed by atoms with E-state index < -0.39 is 6.09 Å². The van der Waals surface area contributed by atoms with Crippen LogP contribution in [0.2, 0.25) is 0 Å². The van der Waals surface area contributed by atoms with E-state index in [-0.39, 0.29) is 12.5 Å². The summed E-state index contributed by atoms with van der Waals surface area (Å²) in [7, 11) is 0. The number of halogens is 1. The van der Waals surface area contributed by atoms with Crippen molar-refractivity contribution in [3.63, 3.8) is 0 Å². The third kappa shape index (κ3) is 4.89. The number of nitrogens with one attached hydrogen (secondary N) is 1. The number of nitrogens with zero attached hydrogens (tertiary/aromatic N) is 2. The van der Waals surface area contributed by atoms with Gasteiger partial charge in [-0.25, -0.2) is 14.8 Å². The molecule has 1 heterocycles. The molecule has 0 radical (unpaired) electrons. The minimum absolute atomic E-state index is 0.165. The van der Waals surface area contributed by atoms with Crippen LogP contribution in [0.4, 0.5) is 10.5 Å². The number of alkyl halides is 1. The van der Waals surface area contributed by atoms with Crippen molar-refractivity contribution in [3.05, 3.63) is 41.7 Å². The number of rotatable bonds is 5. The zero-order chi connectivity index (χ0) is 15.9. The zero-order valence-corrected chi connectivity index (χ0v) is 13.1. The van der Waals surface area contributed by atoms with Crippen LogP contribution >= 0.6 is 11.6 Å². The van der Waals surface area contributed by atoms with Gasteiger partial charge in [-0.1, -0.05) is 0 Å². The van der Waals surface area contributed by atoms with Crippen LogP contribution in [0.5, 0.6) is 11.8 Å². The molecule has 0 bridgehead atoms. The first-order chi connectivity index (χ1) is 10.6. The van der Waals surface area contributed by atoms with Gasteiger partial charge in [0.05, 0.1) is 5.88 Å². The highest BCUT2D eigenvalue weighted by molar-refractivity contribution is 6.18. The second kappa shape index (κ2) is 7.61. The van der Waals surface area contributed by atoms with Crippen LogP contribution in [-0.2, 0) is 4.74 Å². The van der Waals surface area contributed by atoms with Crippen LogP contribution < -0.4 is 10.1 Å². The molecule has 2 rings (SSSR count). The summed E-state index contributed by atoms with van der Waals surface area (Å²) in [5.41, 5.74) is 2.26. The molecule has 0 saturated carbocycles. The maximum absolute atomic E-state index is 11.4. The standard InChI is InChI=1S/C15H16ClN3O3/c1-10-9-11(2)18-14(17-10)22-13-5-3-12(4-6-13)19-15(20)21-8-7-16/h3-6,9H,7-8H2,1-2H3,(H,19,20). The van der Waals surface area contributed by atoms with Crippen molar-refractivity contribution in [2.75, 3.05) is 17.8 Å². The van der Waals surface area contributed by atoms with Crippen molar-refractivity contribution >= 4 is 23.4 Å². The Balaban J connectivity index is 1.98. The molecule has 0 aliphatic carbocycles. The number of aryl methyl sites for hydroxylation is 2. The maximum atomic E-state index is 11.4. The quantitative estimate of drug-likeness (QED) is 0.850. The molecule has 0 aliphatic rings. The molecule has 0 spiro atoms. The van der Waals surface area contributed by atoms with Gasteiger partial charge in [-0.15, -0.1) is 11.6 Å². The van der Waals surface area contributed by atoms with Crippen molar-refractivity contribution in [2.45, 2.75) is 13.8 Å². The molecule has 0 aliphatic heterocycles. The second-order valence-corrected chi connectivity index (χ2v) is 4.89. The van der Waals surface area contributed by atoms with Crippen LogP contribution in [0, 0.1) is 13.8 Å². The van der Waals surface area contributed by atoms with Gasteiger partial charge >= 0.3 is 12.1 Å². The Morgan fingerprint density at radius 2 is 1.82 bits per heavy atom. The molecule has 0 saturated heterocycles. The van der Waals surface area contributed by atoms with E-state index in [1.54, 1.807) is 24.3 Å². The smallest absolute Gasteiger partial charge is 0.411 e. The lowest BCUT2D eigenvalue weighted by Crippen LogP contribution is -2.14. The van der Waals surface area contributed by atoms with Crippen LogP contribution in [-0.4, -0.2) is 28.5 Å². The molecular weight excluding hydrogens is 306 g/mol. The number of hydrogen-bond acceptors (Lipinski definition) is 5. The van der Waals surface area contributed by atoms with E-state index in [4.69, 9.17) is 21.1 Å². The van der Waals surface area contributed by atoms with Crippen molar-refractivity contribution < 1.29 is 14.3 Å². The van der Waals surface area contributed by atoms with E-state index in [1.807, 2.05) is 19.9 Å². The Bertz CT molecular complexity index is 627. The number of anilines is 1. The molecule has 1 aromatic heterocycles. The number of ether oxygens (including phenoxy) is 2. The fraction of sp³-hybridized carbons (Fsp3) is 0.267. The lowest BCUT2D eigenvalue weighted by molar-refractivity contribution is 0.168. The first kappa shape index (κ1) is 16.0. The van der Waals surface area contributed by atoms with E-state index in [0.717, 1.165) is 11.4 Å². The van der Waals surface area contributed by atoms with Gasteiger partial charge in [-0.2, -0.15) is 0 Å². The SMILES string of the molecule is Cc1cc(C)nc(Oc2ccc(NC(=O)OCCCl)cc2)n1. The van der Waals surface area contributed by atoms with Gasteiger partial charge in [0, 0.05) is 17.1 Å². The van der Waals surface area contributed by atoms with E-state index >= 15 is 0 Å². The molecule has 2 aromatic rings. The fourth-order valence-corrected chi connectivity index (χ4v) is 1.81. The van der Waals surface area contributed by atoms with Crippen molar-refractivity contribution in [2.24, 2.45) is 0 Å². The Labute approximate surface area is 133 Å². The number of benzene rings is 1. The number of carbonyl (C=O) groups excluding carboxylic acids is 1. The van der Waals surface area contributed by atoms with E-state index in [2.05, 4.69) is 15.3 Å². The minimum atomic E-state index is -0.549. The first-order valence-corrected chi connectivity index (χ1v) is 7.20. The summed E-state index contributed by atoms with van der Waals surface area (Å²) in [6.07, 6.45) is -0.549. The van der Waals surface area contributed by atoms with Crippen LogP contribution in [0.25, 0.3) is 0 Å². The van der Waals surface area contributed by atoms with Crippen molar-refractivity contribution in [1.82, 2.24) is 9.97 Å². The van der Waals surface area contributed by atoms with Crippen molar-refractivity contribution in [3.8, 4) is 11.8 Å². The third-order valence-corrected chi connectivity index (χ3v) is 2.74. The van der Waals surface area contributed by atoms with Gasteiger partial charge < -0.3 is 9.47 Å². The minimum Gasteiger partial charge on any atom is -0.448 e. The Kier molecular flexibility index (Phi) is 5.55. The van der Waals surface area contributed by atoms with Gasteiger partial charge in [-0.3, -0.25) is 5.32 Å². The number of amides is 1. The topological polar surface area (TPSA) is 73.3 Å². The Morgan fingerprint density at radius 3 is 2.41 bits per heavy atom. The van der Waals surface area contributed by atoms with Crippen LogP contribution in [0.1, 0.15) is 11.4 Å². The molecule has 0 fully saturated rings. The zero-order valence-electron chi connectivity index (χ0n) is 12.3. The number of hydrogen-bond donors (Lipinski definition) is 1. The first-order valence-electron chi connectivity index (χ1n) is 6.67. The fourth-order valence-electron chi connectivity index (χ4n) is 1.74. The van der Waals surface area contributed by atoms with E-state index in [9.17, 15) is 4.79 Å². The molecular formula is C15H16ClN3O3. The summed E-state index contributed by atoms with van der Waals surface area (Å²) in [6.45, 7) is 3.92. The predicted octanol–water partition coefficient (Wildman–Crippen LogP) is 3.67. The largest absolute Gasteiger partial charge is 0.448 e. The van der Waals surface area contributed by atoms with Crippen LogP contribution in [0.3, 0.4) is 0 Å². The van der Waals surface area contributed by atoms with Gasteiger partial charge in [0.1, 0.15) is 12.4 Å². The van der Waals surface area contributed by atoms with E-state index in [0.29, 0.717) is 17.4 Å². The molecule has 1 aromatic carbocycles. The summed E-state index contributed by atoms with van der Waals surface area (Å²) in [5, 5.41) is 2.58. The number of carbonyl (C=O) groups is 1. The summed E-state index contributed by atoms with van der Waals surface area (Å²) in [4.78, 5) is 19.8. The monoisotopic (exact) mass is 321 g/mol. The molecule has 1 N–H and O–H groups in total. The Morgan fingerprint density at radius 1 is 1.18 bits per heavy atom. The van der Waals surface area contributed by atoms with Gasteiger partial charge in [-0.05, 0) is 44.2 Å².